The van der Waals surface area contributed by atoms with E-state index in [1.54, 1.807) is 0 Å². The average Bonchev–Trinajstić information content (AvgIpc) is 2.78. The summed E-state index contributed by atoms with van der Waals surface area (Å²) < 4.78 is 0. The lowest BCUT2D eigenvalue weighted by Crippen LogP contribution is -2.31. The number of hydrogen-bond acceptors (Lipinski definition) is 5. The first-order valence-electron chi connectivity index (χ1n) is 6.61. The third-order valence-corrected chi connectivity index (χ3v) is 3.40. The Bertz CT molecular complexity index is 404. The molecule has 0 spiro atoms. The molecule has 1 aliphatic rings. The van der Waals surface area contributed by atoms with E-state index in [4.69, 9.17) is 0 Å². The minimum atomic E-state index is 0.628. The van der Waals surface area contributed by atoms with Crippen molar-refractivity contribution in [2.24, 2.45) is 0 Å². The number of aryl methyl sites for hydroxylation is 1. The predicted octanol–water partition coefficient (Wildman–Crippen LogP) is 1.36. The monoisotopic (exact) mass is 249 g/mol. The van der Waals surface area contributed by atoms with Gasteiger partial charge in [-0.2, -0.15) is 0 Å². The molecule has 1 atom stereocenters. The van der Waals surface area contributed by atoms with Crippen molar-refractivity contribution in [1.29, 1.82) is 0 Å². The van der Waals surface area contributed by atoms with E-state index in [2.05, 4.69) is 52.2 Å². The van der Waals surface area contributed by atoms with Crippen LogP contribution in [0.5, 0.6) is 0 Å². The van der Waals surface area contributed by atoms with E-state index in [-0.39, 0.29) is 0 Å². The van der Waals surface area contributed by atoms with Crippen LogP contribution in [0.15, 0.2) is 6.07 Å². The average molecular weight is 249 g/mol. The van der Waals surface area contributed by atoms with Crippen molar-refractivity contribution in [1.82, 2.24) is 14.9 Å². The number of likely N-dealkylation sites (N-methyl/N-ethyl adjacent to an activating group) is 1. The number of hydrogen-bond donors (Lipinski definition) is 1. The highest BCUT2D eigenvalue weighted by Gasteiger charge is 2.25. The molecule has 1 N–H and O–H groups in total. The first-order valence-corrected chi connectivity index (χ1v) is 6.61. The van der Waals surface area contributed by atoms with Gasteiger partial charge in [0.1, 0.15) is 17.5 Å². The van der Waals surface area contributed by atoms with E-state index in [9.17, 15) is 0 Å². The molecule has 0 aromatic carbocycles. The molecule has 1 saturated heterocycles. The molecule has 2 heterocycles. The summed E-state index contributed by atoms with van der Waals surface area (Å²) in [7, 11) is 4.28. The van der Waals surface area contributed by atoms with Crippen molar-refractivity contribution < 1.29 is 0 Å². The summed E-state index contributed by atoms with van der Waals surface area (Å²) in [5, 5.41) is 3.26. The Labute approximate surface area is 109 Å². The van der Waals surface area contributed by atoms with Gasteiger partial charge in [-0.1, -0.05) is 0 Å². The van der Waals surface area contributed by atoms with E-state index in [0.717, 1.165) is 37.1 Å². The molecule has 2 rings (SSSR count). The molecule has 0 radical (unpaired) electrons. The molecule has 1 aliphatic heterocycles. The number of rotatable bonds is 4. The van der Waals surface area contributed by atoms with E-state index >= 15 is 0 Å². The fraction of sp³-hybridized carbons (Fsp3) is 0.692. The second kappa shape index (κ2) is 5.52. The molecule has 1 aromatic heterocycles. The zero-order valence-electron chi connectivity index (χ0n) is 11.8. The Hall–Kier alpha value is -1.36. The Morgan fingerprint density at radius 2 is 2.22 bits per heavy atom. The van der Waals surface area contributed by atoms with Crippen LogP contribution in [-0.2, 0) is 0 Å². The SMILES string of the molecule is CCNc1cc(N2CCC(N(C)C)C2)nc(C)n1. The second-order valence-electron chi connectivity index (χ2n) is 5.04. The summed E-state index contributed by atoms with van der Waals surface area (Å²) in [5.41, 5.74) is 0. The Morgan fingerprint density at radius 1 is 1.44 bits per heavy atom. The van der Waals surface area contributed by atoms with Crippen LogP contribution in [0.2, 0.25) is 0 Å². The number of anilines is 2. The minimum absolute atomic E-state index is 0.628. The Balaban J connectivity index is 2.13. The normalized spacial score (nSPS) is 19.6. The van der Waals surface area contributed by atoms with Crippen molar-refractivity contribution in [3.05, 3.63) is 11.9 Å². The molecule has 1 aromatic rings. The third-order valence-electron chi connectivity index (χ3n) is 3.40. The standard InChI is InChI=1S/C13H23N5/c1-5-14-12-8-13(16-10(2)15-12)18-7-6-11(9-18)17(3)4/h8,11H,5-7,9H2,1-4H3,(H,14,15,16). The molecule has 0 bridgehead atoms. The van der Waals surface area contributed by atoms with E-state index in [0.29, 0.717) is 6.04 Å². The molecule has 0 amide bonds. The van der Waals surface area contributed by atoms with Gasteiger partial charge in [0.05, 0.1) is 0 Å². The van der Waals surface area contributed by atoms with Gasteiger partial charge < -0.3 is 15.1 Å². The minimum Gasteiger partial charge on any atom is -0.370 e. The summed E-state index contributed by atoms with van der Waals surface area (Å²) >= 11 is 0. The lowest BCUT2D eigenvalue weighted by Gasteiger charge is -2.21. The summed E-state index contributed by atoms with van der Waals surface area (Å²) in [5.74, 6) is 2.80. The van der Waals surface area contributed by atoms with Crippen molar-refractivity contribution in [3.63, 3.8) is 0 Å². The largest absolute Gasteiger partial charge is 0.370 e. The number of nitrogens with one attached hydrogen (secondary N) is 1. The highest BCUT2D eigenvalue weighted by Crippen LogP contribution is 2.22. The zero-order chi connectivity index (χ0) is 13.1. The van der Waals surface area contributed by atoms with Gasteiger partial charge in [0.2, 0.25) is 0 Å². The fourth-order valence-corrected chi connectivity index (χ4v) is 2.36. The highest BCUT2D eigenvalue weighted by molar-refractivity contribution is 5.50. The van der Waals surface area contributed by atoms with E-state index in [1.165, 1.54) is 6.42 Å². The molecule has 1 fully saturated rings. The maximum absolute atomic E-state index is 4.55. The van der Waals surface area contributed by atoms with Crippen LogP contribution < -0.4 is 10.2 Å². The van der Waals surface area contributed by atoms with Crippen molar-refractivity contribution in [2.45, 2.75) is 26.3 Å². The van der Waals surface area contributed by atoms with Crippen LogP contribution in [0.3, 0.4) is 0 Å². The van der Waals surface area contributed by atoms with Gasteiger partial charge in [-0.3, -0.25) is 0 Å². The molecule has 100 valence electrons. The first-order chi connectivity index (χ1) is 8.60. The van der Waals surface area contributed by atoms with Gasteiger partial charge in [0, 0.05) is 31.7 Å². The van der Waals surface area contributed by atoms with Crippen LogP contribution in [0, 0.1) is 6.92 Å². The van der Waals surface area contributed by atoms with Crippen molar-refractivity contribution >= 4 is 11.6 Å². The predicted molar refractivity (Wildman–Crippen MR) is 75.2 cm³/mol. The molecule has 18 heavy (non-hydrogen) atoms. The van der Waals surface area contributed by atoms with Crippen LogP contribution in [0.25, 0.3) is 0 Å². The molecule has 1 unspecified atom stereocenters. The summed E-state index contributed by atoms with van der Waals surface area (Å²) in [6, 6.07) is 2.68. The van der Waals surface area contributed by atoms with E-state index in [1.807, 2.05) is 6.92 Å². The summed E-state index contributed by atoms with van der Waals surface area (Å²) in [6.45, 7) is 7.04. The summed E-state index contributed by atoms with van der Waals surface area (Å²) in [6.07, 6.45) is 1.20. The quantitative estimate of drug-likeness (QED) is 0.873. The van der Waals surface area contributed by atoms with Gasteiger partial charge in [-0.05, 0) is 34.4 Å². The number of aromatic nitrogens is 2. The molecular weight excluding hydrogens is 226 g/mol. The fourth-order valence-electron chi connectivity index (χ4n) is 2.36. The number of nitrogens with zero attached hydrogens (tertiary/aromatic N) is 4. The molecule has 0 aliphatic carbocycles. The lowest BCUT2D eigenvalue weighted by molar-refractivity contribution is 0.315. The van der Waals surface area contributed by atoms with Crippen LogP contribution in [0.1, 0.15) is 19.2 Å². The topological polar surface area (TPSA) is 44.3 Å². The maximum atomic E-state index is 4.55. The maximum Gasteiger partial charge on any atom is 0.134 e. The third kappa shape index (κ3) is 2.90. The van der Waals surface area contributed by atoms with Crippen LogP contribution in [-0.4, -0.2) is 54.6 Å². The van der Waals surface area contributed by atoms with E-state index < -0.39 is 0 Å². The van der Waals surface area contributed by atoms with Crippen molar-refractivity contribution in [3.8, 4) is 0 Å². The van der Waals surface area contributed by atoms with Crippen molar-refractivity contribution in [2.75, 3.05) is 43.9 Å². The smallest absolute Gasteiger partial charge is 0.134 e. The van der Waals surface area contributed by atoms with Gasteiger partial charge in [-0.15, -0.1) is 0 Å². The second-order valence-corrected chi connectivity index (χ2v) is 5.04. The zero-order valence-corrected chi connectivity index (χ0v) is 11.8. The van der Waals surface area contributed by atoms with Crippen LogP contribution >= 0.6 is 0 Å². The molecule has 5 nitrogen and oxygen atoms in total. The Kier molecular flexibility index (Phi) is 4.01. The lowest BCUT2D eigenvalue weighted by atomic mass is 10.2. The molecule has 5 heteroatoms. The first kappa shape index (κ1) is 13.1. The van der Waals surface area contributed by atoms with Gasteiger partial charge in [-0.25, -0.2) is 9.97 Å². The van der Waals surface area contributed by atoms with Gasteiger partial charge in [0.15, 0.2) is 0 Å². The molecule has 0 saturated carbocycles. The summed E-state index contributed by atoms with van der Waals surface area (Å²) in [4.78, 5) is 13.6. The van der Waals surface area contributed by atoms with Crippen LogP contribution in [0.4, 0.5) is 11.6 Å². The molecular formula is C13H23N5. The highest BCUT2D eigenvalue weighted by atomic mass is 15.3. The van der Waals surface area contributed by atoms with Gasteiger partial charge in [0.25, 0.3) is 0 Å². The Morgan fingerprint density at radius 3 is 2.83 bits per heavy atom. The van der Waals surface area contributed by atoms with Gasteiger partial charge >= 0.3 is 0 Å².